The number of aromatic nitrogens is 2. The summed E-state index contributed by atoms with van der Waals surface area (Å²) in [7, 11) is 0. The van der Waals surface area contributed by atoms with Gasteiger partial charge in [-0.15, -0.1) is 0 Å². The van der Waals surface area contributed by atoms with E-state index in [0.29, 0.717) is 13.1 Å². The lowest BCUT2D eigenvalue weighted by atomic mass is 10.3. The Kier molecular flexibility index (Phi) is 4.12. The maximum atomic E-state index is 11.5. The highest BCUT2D eigenvalue weighted by Crippen LogP contribution is 2.02. The Balaban J connectivity index is 2.37. The predicted octanol–water partition coefficient (Wildman–Crippen LogP) is -0.0909. The first-order valence-electron chi connectivity index (χ1n) is 4.72. The van der Waals surface area contributed by atoms with E-state index in [0.717, 1.165) is 6.42 Å². The Morgan fingerprint density at radius 2 is 2.50 bits per heavy atom. The minimum atomic E-state index is -0.261. The normalized spacial score (nSPS) is 12.4. The van der Waals surface area contributed by atoms with Crippen molar-refractivity contribution in [1.82, 2.24) is 15.1 Å². The molecule has 0 bridgehead atoms. The quantitative estimate of drug-likeness (QED) is 0.646. The molecular formula is C9H16N4O. The standard InChI is InChI=1S/C9H16N4O/c1-8(13-7-3-6-12-13)9(14)11-5-2-4-10/h3,6-8H,2,4-5,10H2,1H3,(H,11,14). The summed E-state index contributed by atoms with van der Waals surface area (Å²) in [6, 6.07) is 1.53. The number of rotatable bonds is 5. The summed E-state index contributed by atoms with van der Waals surface area (Å²) < 4.78 is 1.62. The van der Waals surface area contributed by atoms with Gasteiger partial charge in [0.25, 0.3) is 0 Å². The first-order chi connectivity index (χ1) is 6.75. The van der Waals surface area contributed by atoms with Crippen LogP contribution in [0.2, 0.25) is 0 Å². The van der Waals surface area contributed by atoms with E-state index in [9.17, 15) is 4.79 Å². The smallest absolute Gasteiger partial charge is 0.244 e. The van der Waals surface area contributed by atoms with Gasteiger partial charge in [0.05, 0.1) is 0 Å². The van der Waals surface area contributed by atoms with Gasteiger partial charge < -0.3 is 11.1 Å². The number of nitrogens with zero attached hydrogens (tertiary/aromatic N) is 2. The first-order valence-corrected chi connectivity index (χ1v) is 4.72. The molecule has 1 aromatic heterocycles. The van der Waals surface area contributed by atoms with Crippen molar-refractivity contribution in [2.75, 3.05) is 13.1 Å². The van der Waals surface area contributed by atoms with Crippen LogP contribution in [0.4, 0.5) is 0 Å². The number of nitrogens with two attached hydrogens (primary N) is 1. The summed E-state index contributed by atoms with van der Waals surface area (Å²) in [4.78, 5) is 11.5. The molecule has 78 valence electrons. The van der Waals surface area contributed by atoms with Gasteiger partial charge in [0.1, 0.15) is 6.04 Å². The average Bonchev–Trinajstić information content (AvgIpc) is 2.69. The molecule has 14 heavy (non-hydrogen) atoms. The molecule has 0 radical (unpaired) electrons. The highest BCUT2D eigenvalue weighted by molar-refractivity contribution is 5.79. The van der Waals surface area contributed by atoms with Gasteiger partial charge in [0.2, 0.25) is 5.91 Å². The van der Waals surface area contributed by atoms with Gasteiger partial charge in [0, 0.05) is 18.9 Å². The minimum Gasteiger partial charge on any atom is -0.354 e. The number of nitrogens with one attached hydrogen (secondary N) is 1. The largest absolute Gasteiger partial charge is 0.354 e. The van der Waals surface area contributed by atoms with Crippen molar-refractivity contribution < 1.29 is 4.79 Å². The molecular weight excluding hydrogens is 180 g/mol. The topological polar surface area (TPSA) is 72.9 Å². The van der Waals surface area contributed by atoms with Gasteiger partial charge in [-0.05, 0) is 26.0 Å². The second-order valence-corrected chi connectivity index (χ2v) is 3.10. The lowest BCUT2D eigenvalue weighted by Crippen LogP contribution is -2.32. The number of amides is 1. The highest BCUT2D eigenvalue weighted by atomic mass is 16.2. The monoisotopic (exact) mass is 196 g/mol. The summed E-state index contributed by atoms with van der Waals surface area (Å²) in [5.74, 6) is -0.0258. The van der Waals surface area contributed by atoms with Gasteiger partial charge in [-0.25, -0.2) is 0 Å². The van der Waals surface area contributed by atoms with E-state index in [1.165, 1.54) is 0 Å². The van der Waals surface area contributed by atoms with Gasteiger partial charge >= 0.3 is 0 Å². The van der Waals surface area contributed by atoms with E-state index in [1.54, 1.807) is 23.1 Å². The second-order valence-electron chi connectivity index (χ2n) is 3.10. The zero-order chi connectivity index (χ0) is 10.4. The lowest BCUT2D eigenvalue weighted by molar-refractivity contribution is -0.124. The molecule has 1 atom stereocenters. The maximum Gasteiger partial charge on any atom is 0.244 e. The van der Waals surface area contributed by atoms with E-state index in [1.807, 2.05) is 6.92 Å². The summed E-state index contributed by atoms with van der Waals surface area (Å²) in [5.41, 5.74) is 5.32. The molecule has 0 fully saturated rings. The van der Waals surface area contributed by atoms with Crippen LogP contribution in [0.3, 0.4) is 0 Å². The third kappa shape index (κ3) is 2.85. The van der Waals surface area contributed by atoms with Gasteiger partial charge in [-0.3, -0.25) is 9.48 Å². The third-order valence-corrected chi connectivity index (χ3v) is 1.98. The average molecular weight is 196 g/mol. The molecule has 3 N–H and O–H groups in total. The van der Waals surface area contributed by atoms with Gasteiger partial charge in [0.15, 0.2) is 0 Å². The molecule has 0 aliphatic heterocycles. The third-order valence-electron chi connectivity index (χ3n) is 1.98. The molecule has 5 nitrogen and oxygen atoms in total. The van der Waals surface area contributed by atoms with Crippen LogP contribution in [0.25, 0.3) is 0 Å². The Morgan fingerprint density at radius 3 is 3.07 bits per heavy atom. The molecule has 0 saturated heterocycles. The molecule has 1 aromatic rings. The van der Waals surface area contributed by atoms with E-state index in [2.05, 4.69) is 10.4 Å². The van der Waals surface area contributed by atoms with Gasteiger partial charge in [-0.1, -0.05) is 0 Å². The van der Waals surface area contributed by atoms with E-state index < -0.39 is 0 Å². The molecule has 0 saturated carbocycles. The van der Waals surface area contributed by atoms with E-state index in [-0.39, 0.29) is 11.9 Å². The molecule has 1 heterocycles. The fraction of sp³-hybridized carbons (Fsp3) is 0.556. The number of carbonyl (C=O) groups excluding carboxylic acids is 1. The predicted molar refractivity (Wildman–Crippen MR) is 53.6 cm³/mol. The Morgan fingerprint density at radius 1 is 1.71 bits per heavy atom. The SMILES string of the molecule is CC(C(=O)NCCCN)n1cccn1. The van der Waals surface area contributed by atoms with E-state index >= 15 is 0 Å². The summed E-state index contributed by atoms with van der Waals surface area (Å²) in [6.45, 7) is 3.03. The zero-order valence-corrected chi connectivity index (χ0v) is 8.31. The fourth-order valence-corrected chi connectivity index (χ4v) is 1.09. The summed E-state index contributed by atoms with van der Waals surface area (Å²) in [5, 5.41) is 6.79. The van der Waals surface area contributed by atoms with Crippen LogP contribution >= 0.6 is 0 Å². The van der Waals surface area contributed by atoms with Crippen LogP contribution in [-0.4, -0.2) is 28.8 Å². The van der Waals surface area contributed by atoms with Crippen LogP contribution in [0.15, 0.2) is 18.5 Å². The van der Waals surface area contributed by atoms with Crippen molar-refractivity contribution >= 4 is 5.91 Å². The highest BCUT2D eigenvalue weighted by Gasteiger charge is 2.13. The summed E-state index contributed by atoms with van der Waals surface area (Å²) in [6.07, 6.45) is 4.23. The fourth-order valence-electron chi connectivity index (χ4n) is 1.09. The molecule has 5 heteroatoms. The van der Waals surface area contributed by atoms with Crippen LogP contribution in [0, 0.1) is 0 Å². The Hall–Kier alpha value is -1.36. The van der Waals surface area contributed by atoms with Crippen LogP contribution in [0.1, 0.15) is 19.4 Å². The molecule has 1 amide bonds. The van der Waals surface area contributed by atoms with Crippen molar-refractivity contribution in [1.29, 1.82) is 0 Å². The summed E-state index contributed by atoms with van der Waals surface area (Å²) >= 11 is 0. The Bertz CT molecular complexity index is 270. The van der Waals surface area contributed by atoms with Crippen molar-refractivity contribution in [3.05, 3.63) is 18.5 Å². The first kappa shape index (κ1) is 10.7. The van der Waals surface area contributed by atoms with Crippen molar-refractivity contribution in [3.63, 3.8) is 0 Å². The molecule has 0 aromatic carbocycles. The number of hydrogen-bond acceptors (Lipinski definition) is 3. The van der Waals surface area contributed by atoms with Crippen molar-refractivity contribution in [2.24, 2.45) is 5.73 Å². The van der Waals surface area contributed by atoms with Crippen molar-refractivity contribution in [2.45, 2.75) is 19.4 Å². The number of hydrogen-bond donors (Lipinski definition) is 2. The Labute approximate surface area is 83.3 Å². The second kappa shape index (κ2) is 5.39. The van der Waals surface area contributed by atoms with Crippen LogP contribution < -0.4 is 11.1 Å². The maximum absolute atomic E-state index is 11.5. The minimum absolute atomic E-state index is 0.0258. The molecule has 0 aliphatic carbocycles. The molecule has 1 unspecified atom stereocenters. The van der Waals surface area contributed by atoms with Crippen molar-refractivity contribution in [3.8, 4) is 0 Å². The van der Waals surface area contributed by atoms with Gasteiger partial charge in [-0.2, -0.15) is 5.10 Å². The lowest BCUT2D eigenvalue weighted by Gasteiger charge is -2.11. The zero-order valence-electron chi connectivity index (χ0n) is 8.31. The molecule has 0 aliphatic rings. The number of carbonyl (C=O) groups is 1. The van der Waals surface area contributed by atoms with Crippen LogP contribution in [0.5, 0.6) is 0 Å². The van der Waals surface area contributed by atoms with Crippen LogP contribution in [-0.2, 0) is 4.79 Å². The van der Waals surface area contributed by atoms with E-state index in [4.69, 9.17) is 5.73 Å². The molecule has 1 rings (SSSR count). The molecule has 0 spiro atoms.